The number of hydrogen-bond donors (Lipinski definition) is 0. The van der Waals surface area contributed by atoms with Crippen LogP contribution >= 0.6 is 15.9 Å². The molecule has 0 amide bonds. The minimum Gasteiger partial charge on any atom is -0.331 e. The van der Waals surface area contributed by atoms with E-state index < -0.39 is 0 Å². The average molecular weight is 268 g/mol. The van der Waals surface area contributed by atoms with Gasteiger partial charge in [0.1, 0.15) is 0 Å². The third-order valence-corrected chi connectivity index (χ3v) is 2.43. The van der Waals surface area contributed by atoms with Crippen molar-refractivity contribution in [2.75, 3.05) is 19.0 Å². The minimum absolute atomic E-state index is 0.507. The molecule has 1 aromatic heterocycles. The summed E-state index contributed by atoms with van der Waals surface area (Å²) in [5.74, 6) is 0.603. The van der Waals surface area contributed by atoms with Gasteiger partial charge < -0.3 is 9.42 Å². The molecule has 0 saturated heterocycles. The predicted octanol–water partition coefficient (Wildman–Crippen LogP) is 2.57. The second-order valence-electron chi connectivity index (χ2n) is 3.30. The van der Waals surface area contributed by atoms with Crippen LogP contribution in [0.2, 0.25) is 0 Å². The van der Waals surface area contributed by atoms with E-state index in [0.29, 0.717) is 11.8 Å². The highest BCUT2D eigenvalue weighted by molar-refractivity contribution is 9.10. The third-order valence-electron chi connectivity index (χ3n) is 1.90. The maximum atomic E-state index is 5.06. The van der Waals surface area contributed by atoms with Crippen LogP contribution in [0, 0.1) is 0 Å². The molecular weight excluding hydrogens is 258 g/mol. The molecule has 78 valence electrons. The smallest absolute Gasteiger partial charge is 0.323 e. The van der Waals surface area contributed by atoms with E-state index >= 15 is 0 Å². The van der Waals surface area contributed by atoms with Crippen LogP contribution in [0.3, 0.4) is 0 Å². The van der Waals surface area contributed by atoms with Gasteiger partial charge >= 0.3 is 6.01 Å². The number of rotatable bonds is 2. The van der Waals surface area contributed by atoms with Gasteiger partial charge in [-0.05, 0) is 24.3 Å². The van der Waals surface area contributed by atoms with E-state index in [0.717, 1.165) is 10.0 Å². The molecule has 0 saturated carbocycles. The van der Waals surface area contributed by atoms with E-state index in [2.05, 4.69) is 26.1 Å². The quantitative estimate of drug-likeness (QED) is 0.839. The molecule has 0 aliphatic carbocycles. The van der Waals surface area contributed by atoms with E-state index in [1.807, 2.05) is 38.4 Å². The zero-order valence-electron chi connectivity index (χ0n) is 8.44. The topological polar surface area (TPSA) is 42.2 Å². The van der Waals surface area contributed by atoms with Crippen LogP contribution in [0.1, 0.15) is 0 Å². The van der Waals surface area contributed by atoms with Crippen molar-refractivity contribution in [1.82, 2.24) is 10.1 Å². The summed E-state index contributed by atoms with van der Waals surface area (Å²) in [6.45, 7) is 0. The lowest BCUT2D eigenvalue weighted by Crippen LogP contribution is -2.08. The van der Waals surface area contributed by atoms with Crippen molar-refractivity contribution in [3.8, 4) is 11.4 Å². The van der Waals surface area contributed by atoms with Crippen LogP contribution in [0.4, 0.5) is 6.01 Å². The second kappa shape index (κ2) is 4.02. The fourth-order valence-electron chi connectivity index (χ4n) is 1.11. The van der Waals surface area contributed by atoms with Gasteiger partial charge in [-0.25, -0.2) is 0 Å². The summed E-state index contributed by atoms with van der Waals surface area (Å²) in [7, 11) is 3.72. The minimum atomic E-state index is 0.507. The SMILES string of the molecule is CN(C)c1nc(-c2ccc(Br)cc2)no1. The van der Waals surface area contributed by atoms with E-state index in [9.17, 15) is 0 Å². The predicted molar refractivity (Wildman–Crippen MR) is 61.8 cm³/mol. The Labute approximate surface area is 96.0 Å². The van der Waals surface area contributed by atoms with Crippen LogP contribution in [0.25, 0.3) is 11.4 Å². The van der Waals surface area contributed by atoms with Gasteiger partial charge in [0.05, 0.1) is 0 Å². The third kappa shape index (κ3) is 2.18. The van der Waals surface area contributed by atoms with Crippen LogP contribution in [-0.4, -0.2) is 24.2 Å². The van der Waals surface area contributed by atoms with E-state index in [1.54, 1.807) is 4.90 Å². The molecule has 5 heteroatoms. The Morgan fingerprint density at radius 1 is 1.20 bits per heavy atom. The number of aromatic nitrogens is 2. The summed E-state index contributed by atoms with van der Waals surface area (Å²) < 4.78 is 6.09. The summed E-state index contributed by atoms with van der Waals surface area (Å²) in [6.07, 6.45) is 0. The Morgan fingerprint density at radius 2 is 1.87 bits per heavy atom. The largest absolute Gasteiger partial charge is 0.331 e. The van der Waals surface area contributed by atoms with Crippen molar-refractivity contribution in [1.29, 1.82) is 0 Å². The molecule has 2 rings (SSSR count). The van der Waals surface area contributed by atoms with Gasteiger partial charge in [-0.3, -0.25) is 0 Å². The van der Waals surface area contributed by atoms with Gasteiger partial charge in [-0.15, -0.1) is 0 Å². The normalized spacial score (nSPS) is 10.3. The van der Waals surface area contributed by atoms with Gasteiger partial charge in [0.2, 0.25) is 5.82 Å². The van der Waals surface area contributed by atoms with Gasteiger partial charge in [0, 0.05) is 24.1 Å². The van der Waals surface area contributed by atoms with Crippen molar-refractivity contribution in [2.45, 2.75) is 0 Å². The number of anilines is 1. The van der Waals surface area contributed by atoms with E-state index in [-0.39, 0.29) is 0 Å². The average Bonchev–Trinajstić information content (AvgIpc) is 2.68. The molecular formula is C10H10BrN3O. The first-order valence-electron chi connectivity index (χ1n) is 4.44. The standard InChI is InChI=1S/C10H10BrN3O/c1-14(2)10-12-9(13-15-10)7-3-5-8(11)6-4-7/h3-6H,1-2H3. The highest BCUT2D eigenvalue weighted by Gasteiger charge is 2.09. The summed E-state index contributed by atoms with van der Waals surface area (Å²) >= 11 is 3.37. The first kappa shape index (κ1) is 10.2. The molecule has 0 radical (unpaired) electrons. The van der Waals surface area contributed by atoms with Gasteiger partial charge in [0.15, 0.2) is 0 Å². The second-order valence-corrected chi connectivity index (χ2v) is 4.22. The molecule has 0 aliphatic rings. The number of hydrogen-bond acceptors (Lipinski definition) is 4. The zero-order valence-corrected chi connectivity index (χ0v) is 10.0. The van der Waals surface area contributed by atoms with Crippen molar-refractivity contribution in [2.24, 2.45) is 0 Å². The molecule has 1 heterocycles. The molecule has 2 aromatic rings. The van der Waals surface area contributed by atoms with Crippen molar-refractivity contribution in [3.63, 3.8) is 0 Å². The van der Waals surface area contributed by atoms with Gasteiger partial charge in [0.25, 0.3) is 0 Å². The molecule has 0 spiro atoms. The highest BCUT2D eigenvalue weighted by Crippen LogP contribution is 2.20. The zero-order chi connectivity index (χ0) is 10.8. The molecule has 15 heavy (non-hydrogen) atoms. The number of nitrogens with zero attached hydrogens (tertiary/aromatic N) is 3. The van der Waals surface area contributed by atoms with Crippen molar-refractivity contribution < 1.29 is 4.52 Å². The van der Waals surface area contributed by atoms with Crippen LogP contribution in [-0.2, 0) is 0 Å². The Hall–Kier alpha value is -1.36. The lowest BCUT2D eigenvalue weighted by molar-refractivity contribution is 0.423. The molecule has 4 nitrogen and oxygen atoms in total. The Bertz CT molecular complexity index is 450. The van der Waals surface area contributed by atoms with Gasteiger partial charge in [-0.1, -0.05) is 21.1 Å². The summed E-state index contributed by atoms with van der Waals surface area (Å²) in [5, 5.41) is 3.89. The summed E-state index contributed by atoms with van der Waals surface area (Å²) in [5.41, 5.74) is 0.940. The molecule has 0 fully saturated rings. The van der Waals surface area contributed by atoms with Crippen LogP contribution in [0.5, 0.6) is 0 Å². The van der Waals surface area contributed by atoms with Crippen molar-refractivity contribution in [3.05, 3.63) is 28.7 Å². The molecule has 0 N–H and O–H groups in total. The van der Waals surface area contributed by atoms with Crippen LogP contribution < -0.4 is 4.90 Å². The lowest BCUT2D eigenvalue weighted by Gasteiger charge is -2.01. The Kier molecular flexibility index (Phi) is 2.73. The van der Waals surface area contributed by atoms with Gasteiger partial charge in [-0.2, -0.15) is 4.98 Å². The van der Waals surface area contributed by atoms with E-state index in [4.69, 9.17) is 4.52 Å². The number of benzene rings is 1. The van der Waals surface area contributed by atoms with Crippen LogP contribution in [0.15, 0.2) is 33.3 Å². The Morgan fingerprint density at radius 3 is 2.40 bits per heavy atom. The van der Waals surface area contributed by atoms with Crippen molar-refractivity contribution >= 4 is 21.9 Å². The molecule has 0 atom stereocenters. The molecule has 0 bridgehead atoms. The molecule has 0 unspecified atom stereocenters. The fourth-order valence-corrected chi connectivity index (χ4v) is 1.38. The van der Waals surface area contributed by atoms with E-state index in [1.165, 1.54) is 0 Å². The lowest BCUT2D eigenvalue weighted by atomic mass is 10.2. The summed E-state index contributed by atoms with van der Waals surface area (Å²) in [4.78, 5) is 6.02. The fraction of sp³-hybridized carbons (Fsp3) is 0.200. The first-order valence-corrected chi connectivity index (χ1v) is 5.23. The highest BCUT2D eigenvalue weighted by atomic mass is 79.9. The molecule has 0 aliphatic heterocycles. The molecule has 1 aromatic carbocycles. The number of halogens is 1. The summed E-state index contributed by atoms with van der Waals surface area (Å²) in [6, 6.07) is 8.28. The Balaban J connectivity index is 2.33. The maximum absolute atomic E-state index is 5.06. The maximum Gasteiger partial charge on any atom is 0.323 e. The first-order chi connectivity index (χ1) is 7.16. The monoisotopic (exact) mass is 267 g/mol.